The number of hydrogen-bond acceptors (Lipinski definition) is 5. The van der Waals surface area contributed by atoms with Gasteiger partial charge in [-0.15, -0.1) is 0 Å². The number of fused-ring (bicyclic) bond motifs is 1. The second-order valence-electron chi connectivity index (χ2n) is 5.18. The highest BCUT2D eigenvalue weighted by Gasteiger charge is 2.28. The van der Waals surface area contributed by atoms with Crippen molar-refractivity contribution in [2.45, 2.75) is 12.6 Å². The fourth-order valence-electron chi connectivity index (χ4n) is 2.69. The number of nitrogens with zero attached hydrogens (tertiary/aromatic N) is 2. The number of ether oxygens (including phenoxy) is 1. The summed E-state index contributed by atoms with van der Waals surface area (Å²) in [7, 11) is 0. The predicted molar refractivity (Wildman–Crippen MR) is 80.4 cm³/mol. The van der Waals surface area contributed by atoms with E-state index in [1.165, 1.54) is 0 Å². The molecule has 1 aliphatic rings. The molecule has 1 atom stereocenters. The smallest absolute Gasteiger partial charge is 0.237 e. The summed E-state index contributed by atoms with van der Waals surface area (Å²) in [6.45, 7) is 2.22. The van der Waals surface area contributed by atoms with Gasteiger partial charge in [-0.1, -0.05) is 6.07 Å². The van der Waals surface area contributed by atoms with Crippen LogP contribution in [-0.4, -0.2) is 41.6 Å². The summed E-state index contributed by atoms with van der Waals surface area (Å²) >= 11 is 0. The van der Waals surface area contributed by atoms with Crippen LogP contribution in [0.3, 0.4) is 0 Å². The first-order valence-electron chi connectivity index (χ1n) is 6.90. The molecule has 0 spiro atoms. The number of carbonyl (C=O) groups excluding carboxylic acids is 1. The summed E-state index contributed by atoms with van der Waals surface area (Å²) in [5.74, 6) is -0.359. The minimum Gasteiger partial charge on any atom is -0.398 e. The van der Waals surface area contributed by atoms with Crippen LogP contribution in [0, 0.1) is 0 Å². The van der Waals surface area contributed by atoms with Gasteiger partial charge in [-0.05, 0) is 23.8 Å². The number of morpholine rings is 1. The Morgan fingerprint density at radius 1 is 1.43 bits per heavy atom. The number of carbonyl (C=O) groups is 1. The maximum absolute atomic E-state index is 11.5. The molecule has 1 aliphatic heterocycles. The zero-order valence-corrected chi connectivity index (χ0v) is 11.7. The molecule has 1 amide bonds. The Balaban J connectivity index is 1.94. The average molecular weight is 286 g/mol. The number of rotatable bonds is 3. The first-order valence-corrected chi connectivity index (χ1v) is 6.90. The van der Waals surface area contributed by atoms with E-state index < -0.39 is 6.04 Å². The first-order chi connectivity index (χ1) is 10.2. The molecule has 110 valence electrons. The highest BCUT2D eigenvalue weighted by molar-refractivity contribution is 5.92. The van der Waals surface area contributed by atoms with Crippen LogP contribution in [0.2, 0.25) is 0 Å². The lowest BCUT2D eigenvalue weighted by Gasteiger charge is -2.33. The molecular formula is C15H18N4O2. The lowest BCUT2D eigenvalue weighted by atomic mass is 10.1. The topological polar surface area (TPSA) is 94.5 Å². The van der Waals surface area contributed by atoms with Crippen molar-refractivity contribution in [2.75, 3.05) is 25.5 Å². The molecule has 0 aliphatic carbocycles. The lowest BCUT2D eigenvalue weighted by molar-refractivity contribution is -0.129. The highest BCUT2D eigenvalue weighted by Crippen LogP contribution is 2.24. The second kappa shape index (κ2) is 5.67. The van der Waals surface area contributed by atoms with E-state index in [9.17, 15) is 4.79 Å². The van der Waals surface area contributed by atoms with E-state index in [4.69, 9.17) is 16.2 Å². The Kier molecular flexibility index (Phi) is 3.72. The molecule has 21 heavy (non-hydrogen) atoms. The SMILES string of the molecule is NC(=O)C1COCCN1Cc1ccc(N)c2cccnc12. The van der Waals surface area contributed by atoms with Crippen molar-refractivity contribution in [3.63, 3.8) is 0 Å². The van der Waals surface area contributed by atoms with Crippen LogP contribution >= 0.6 is 0 Å². The van der Waals surface area contributed by atoms with E-state index >= 15 is 0 Å². The molecule has 6 heteroatoms. The van der Waals surface area contributed by atoms with Gasteiger partial charge in [-0.2, -0.15) is 0 Å². The van der Waals surface area contributed by atoms with Crippen molar-refractivity contribution < 1.29 is 9.53 Å². The van der Waals surface area contributed by atoms with E-state index in [-0.39, 0.29) is 5.91 Å². The quantitative estimate of drug-likeness (QED) is 0.801. The molecule has 1 saturated heterocycles. The molecule has 1 unspecified atom stereocenters. The van der Waals surface area contributed by atoms with Gasteiger partial charge < -0.3 is 16.2 Å². The fraction of sp³-hybridized carbons (Fsp3) is 0.333. The molecule has 3 rings (SSSR count). The third-order valence-corrected chi connectivity index (χ3v) is 3.83. The Labute approximate surface area is 122 Å². The molecule has 1 aromatic carbocycles. The second-order valence-corrected chi connectivity index (χ2v) is 5.18. The van der Waals surface area contributed by atoms with Crippen LogP contribution in [0.4, 0.5) is 5.69 Å². The first kappa shape index (κ1) is 13.8. The number of aromatic nitrogens is 1. The number of hydrogen-bond donors (Lipinski definition) is 2. The van der Waals surface area contributed by atoms with Crippen LogP contribution in [0.25, 0.3) is 10.9 Å². The van der Waals surface area contributed by atoms with Crippen molar-refractivity contribution in [3.8, 4) is 0 Å². The zero-order chi connectivity index (χ0) is 14.8. The van der Waals surface area contributed by atoms with Crippen LogP contribution in [0.15, 0.2) is 30.5 Å². The molecule has 4 N–H and O–H groups in total. The van der Waals surface area contributed by atoms with Crippen molar-refractivity contribution in [1.29, 1.82) is 0 Å². The normalized spacial score (nSPS) is 19.7. The van der Waals surface area contributed by atoms with E-state index in [0.717, 1.165) is 16.5 Å². The standard InChI is InChI=1S/C15H18N4O2/c16-12-4-3-10(14-11(12)2-1-5-18-14)8-19-6-7-21-9-13(19)15(17)20/h1-5,13H,6-9,16H2,(H2,17,20). The van der Waals surface area contributed by atoms with Gasteiger partial charge in [0.05, 0.1) is 18.7 Å². The van der Waals surface area contributed by atoms with Gasteiger partial charge in [-0.3, -0.25) is 14.7 Å². The maximum Gasteiger partial charge on any atom is 0.237 e. The highest BCUT2D eigenvalue weighted by atomic mass is 16.5. The molecule has 0 radical (unpaired) electrons. The third kappa shape index (κ3) is 2.68. The summed E-state index contributed by atoms with van der Waals surface area (Å²) in [6.07, 6.45) is 1.75. The molecule has 0 bridgehead atoms. The van der Waals surface area contributed by atoms with Gasteiger partial charge in [0, 0.05) is 30.4 Å². The summed E-state index contributed by atoms with van der Waals surface area (Å²) in [5, 5.41) is 0.930. The minimum atomic E-state index is -0.393. The van der Waals surface area contributed by atoms with Gasteiger partial charge in [0.25, 0.3) is 0 Å². The van der Waals surface area contributed by atoms with E-state index in [1.54, 1.807) is 6.20 Å². The maximum atomic E-state index is 11.5. The molecule has 2 aromatic rings. The van der Waals surface area contributed by atoms with Gasteiger partial charge in [-0.25, -0.2) is 0 Å². The number of primary amides is 1. The number of nitrogens with two attached hydrogens (primary N) is 2. The summed E-state index contributed by atoms with van der Waals surface area (Å²) in [4.78, 5) is 18.0. The van der Waals surface area contributed by atoms with Crippen LogP contribution in [-0.2, 0) is 16.1 Å². The van der Waals surface area contributed by atoms with E-state index in [0.29, 0.717) is 32.0 Å². The Bertz CT molecular complexity index is 674. The summed E-state index contributed by atoms with van der Waals surface area (Å²) in [6, 6.07) is 7.25. The lowest BCUT2D eigenvalue weighted by Crippen LogP contribution is -2.51. The van der Waals surface area contributed by atoms with E-state index in [1.807, 2.05) is 29.2 Å². The monoisotopic (exact) mass is 286 g/mol. The van der Waals surface area contributed by atoms with Crippen LogP contribution in [0.1, 0.15) is 5.56 Å². The molecule has 2 heterocycles. The average Bonchev–Trinajstić information content (AvgIpc) is 2.51. The molecule has 1 aromatic heterocycles. The van der Waals surface area contributed by atoms with Crippen molar-refractivity contribution in [3.05, 3.63) is 36.0 Å². The zero-order valence-electron chi connectivity index (χ0n) is 11.7. The number of amides is 1. The summed E-state index contributed by atoms with van der Waals surface area (Å²) in [5.41, 5.74) is 14.0. The van der Waals surface area contributed by atoms with Crippen molar-refractivity contribution in [1.82, 2.24) is 9.88 Å². The summed E-state index contributed by atoms with van der Waals surface area (Å²) < 4.78 is 5.34. The van der Waals surface area contributed by atoms with Crippen LogP contribution in [0.5, 0.6) is 0 Å². The fourth-order valence-corrected chi connectivity index (χ4v) is 2.69. The number of nitrogen functional groups attached to an aromatic ring is 1. The minimum absolute atomic E-state index is 0.343. The molecular weight excluding hydrogens is 268 g/mol. The number of anilines is 1. The predicted octanol–water partition coefficient (Wildman–Crippen LogP) is 0.503. The van der Waals surface area contributed by atoms with Crippen LogP contribution < -0.4 is 11.5 Å². The Morgan fingerprint density at radius 3 is 3.10 bits per heavy atom. The Hall–Kier alpha value is -2.18. The number of benzene rings is 1. The number of pyridine rings is 1. The molecule has 6 nitrogen and oxygen atoms in total. The van der Waals surface area contributed by atoms with E-state index in [2.05, 4.69) is 4.98 Å². The Morgan fingerprint density at radius 2 is 2.29 bits per heavy atom. The third-order valence-electron chi connectivity index (χ3n) is 3.83. The van der Waals surface area contributed by atoms with Crippen molar-refractivity contribution >= 4 is 22.5 Å². The van der Waals surface area contributed by atoms with Crippen molar-refractivity contribution in [2.24, 2.45) is 5.73 Å². The molecule has 0 saturated carbocycles. The van der Waals surface area contributed by atoms with Gasteiger partial charge in [0.1, 0.15) is 6.04 Å². The molecule has 1 fully saturated rings. The van der Waals surface area contributed by atoms with Gasteiger partial charge in [0.2, 0.25) is 5.91 Å². The largest absolute Gasteiger partial charge is 0.398 e. The van der Waals surface area contributed by atoms with Gasteiger partial charge >= 0.3 is 0 Å². The van der Waals surface area contributed by atoms with Gasteiger partial charge in [0.15, 0.2) is 0 Å².